The number of hydrogen-bond acceptors (Lipinski definition) is 2. The Balaban J connectivity index is 2.90. The van der Waals surface area contributed by atoms with Gasteiger partial charge in [0, 0.05) is 6.42 Å². The zero-order valence-electron chi connectivity index (χ0n) is 5.22. The van der Waals surface area contributed by atoms with Gasteiger partial charge in [0.1, 0.15) is 0 Å². The SMILES string of the molecule is C#Cc1cnc(CC)o1. The van der Waals surface area contributed by atoms with Crippen LogP contribution in [0.3, 0.4) is 0 Å². The van der Waals surface area contributed by atoms with Gasteiger partial charge in [-0.2, -0.15) is 0 Å². The van der Waals surface area contributed by atoms with Gasteiger partial charge in [0.05, 0.1) is 6.20 Å². The van der Waals surface area contributed by atoms with E-state index >= 15 is 0 Å². The third-order valence-corrected chi connectivity index (χ3v) is 0.998. The van der Waals surface area contributed by atoms with Gasteiger partial charge in [0.25, 0.3) is 0 Å². The first-order valence-corrected chi connectivity index (χ1v) is 2.78. The Labute approximate surface area is 53.9 Å². The van der Waals surface area contributed by atoms with Gasteiger partial charge in [-0.25, -0.2) is 4.98 Å². The van der Waals surface area contributed by atoms with E-state index in [-0.39, 0.29) is 0 Å². The van der Waals surface area contributed by atoms with Crippen LogP contribution < -0.4 is 0 Å². The summed E-state index contributed by atoms with van der Waals surface area (Å²) in [5, 5.41) is 0. The fourth-order valence-electron chi connectivity index (χ4n) is 0.540. The molecule has 1 aromatic heterocycles. The maximum atomic E-state index is 5.03. The van der Waals surface area contributed by atoms with Crippen LogP contribution in [0.4, 0.5) is 0 Å². The van der Waals surface area contributed by atoms with Crippen LogP contribution in [0.25, 0.3) is 0 Å². The van der Waals surface area contributed by atoms with E-state index in [1.165, 1.54) is 0 Å². The predicted molar refractivity (Wildman–Crippen MR) is 33.8 cm³/mol. The van der Waals surface area contributed by atoms with Crippen LogP contribution in [-0.2, 0) is 6.42 Å². The van der Waals surface area contributed by atoms with E-state index in [0.29, 0.717) is 11.7 Å². The number of oxazole rings is 1. The van der Waals surface area contributed by atoms with Gasteiger partial charge in [0.2, 0.25) is 0 Å². The minimum absolute atomic E-state index is 0.506. The summed E-state index contributed by atoms with van der Waals surface area (Å²) in [5.74, 6) is 3.56. The summed E-state index contributed by atoms with van der Waals surface area (Å²) < 4.78 is 5.03. The lowest BCUT2D eigenvalue weighted by molar-refractivity contribution is 0.492. The van der Waals surface area contributed by atoms with E-state index in [9.17, 15) is 0 Å². The molecule has 46 valence electrons. The first-order valence-electron chi connectivity index (χ1n) is 2.78. The van der Waals surface area contributed by atoms with Crippen molar-refractivity contribution in [2.75, 3.05) is 0 Å². The van der Waals surface area contributed by atoms with E-state index in [0.717, 1.165) is 6.42 Å². The normalized spacial score (nSPS) is 8.89. The molecule has 1 heterocycles. The first kappa shape index (κ1) is 5.90. The van der Waals surface area contributed by atoms with Crippen molar-refractivity contribution < 1.29 is 4.42 Å². The van der Waals surface area contributed by atoms with Gasteiger partial charge >= 0.3 is 0 Å². The highest BCUT2D eigenvalue weighted by molar-refractivity contribution is 5.17. The molecule has 2 heteroatoms. The Morgan fingerprint density at radius 1 is 1.89 bits per heavy atom. The van der Waals surface area contributed by atoms with Crippen molar-refractivity contribution in [1.29, 1.82) is 0 Å². The molecule has 0 fully saturated rings. The van der Waals surface area contributed by atoms with Gasteiger partial charge in [-0.05, 0) is 5.92 Å². The molecule has 0 aromatic carbocycles. The van der Waals surface area contributed by atoms with E-state index in [1.54, 1.807) is 6.20 Å². The molecule has 0 bridgehead atoms. The third kappa shape index (κ3) is 1.11. The molecular formula is C7H7NO. The lowest BCUT2D eigenvalue weighted by Gasteiger charge is -1.80. The Morgan fingerprint density at radius 3 is 3.00 bits per heavy atom. The van der Waals surface area contributed by atoms with Crippen molar-refractivity contribution in [1.82, 2.24) is 4.98 Å². The Kier molecular flexibility index (Phi) is 1.55. The number of aryl methyl sites for hydroxylation is 1. The minimum Gasteiger partial charge on any atom is -0.432 e. The van der Waals surface area contributed by atoms with Crippen molar-refractivity contribution >= 4 is 0 Å². The number of hydrogen-bond donors (Lipinski definition) is 0. The number of terminal acetylenes is 1. The van der Waals surface area contributed by atoms with Gasteiger partial charge < -0.3 is 4.42 Å². The fraction of sp³-hybridized carbons (Fsp3) is 0.286. The summed E-state index contributed by atoms with van der Waals surface area (Å²) in [7, 11) is 0. The maximum absolute atomic E-state index is 5.03. The van der Waals surface area contributed by atoms with Crippen molar-refractivity contribution in [2.24, 2.45) is 0 Å². The van der Waals surface area contributed by atoms with Crippen LogP contribution in [0.2, 0.25) is 0 Å². The smallest absolute Gasteiger partial charge is 0.197 e. The number of aromatic nitrogens is 1. The van der Waals surface area contributed by atoms with Crippen LogP contribution >= 0.6 is 0 Å². The minimum atomic E-state index is 0.506. The summed E-state index contributed by atoms with van der Waals surface area (Å²) in [4.78, 5) is 3.90. The second kappa shape index (κ2) is 2.36. The molecule has 0 spiro atoms. The van der Waals surface area contributed by atoms with Gasteiger partial charge in [-0.15, -0.1) is 6.42 Å². The summed E-state index contributed by atoms with van der Waals surface area (Å²) in [6, 6.07) is 0. The Bertz CT molecular complexity index is 231. The van der Waals surface area contributed by atoms with Crippen LogP contribution in [0.5, 0.6) is 0 Å². The van der Waals surface area contributed by atoms with Crippen molar-refractivity contribution in [3.63, 3.8) is 0 Å². The van der Waals surface area contributed by atoms with E-state index in [2.05, 4.69) is 10.9 Å². The van der Waals surface area contributed by atoms with Crippen LogP contribution in [-0.4, -0.2) is 4.98 Å². The standard InChI is InChI=1S/C7H7NO/c1-3-6-5-8-7(4-2)9-6/h1,5H,4H2,2H3. The largest absolute Gasteiger partial charge is 0.432 e. The highest BCUT2D eigenvalue weighted by Gasteiger charge is 1.95. The predicted octanol–water partition coefficient (Wildman–Crippen LogP) is 1.22. The topological polar surface area (TPSA) is 26.0 Å². The van der Waals surface area contributed by atoms with Gasteiger partial charge in [-0.1, -0.05) is 6.92 Å². The molecule has 0 saturated heterocycles. The number of rotatable bonds is 1. The van der Waals surface area contributed by atoms with Crippen LogP contribution in [0.1, 0.15) is 18.6 Å². The first-order chi connectivity index (χ1) is 4.36. The molecule has 0 aliphatic carbocycles. The molecule has 2 nitrogen and oxygen atoms in total. The van der Waals surface area contributed by atoms with Crippen molar-refractivity contribution in [2.45, 2.75) is 13.3 Å². The third-order valence-electron chi connectivity index (χ3n) is 0.998. The van der Waals surface area contributed by atoms with E-state index < -0.39 is 0 Å². The molecular weight excluding hydrogens is 114 g/mol. The molecule has 1 rings (SSSR count). The van der Waals surface area contributed by atoms with Crippen molar-refractivity contribution in [3.05, 3.63) is 17.8 Å². The molecule has 0 amide bonds. The summed E-state index contributed by atoms with van der Waals surface area (Å²) in [5.41, 5.74) is 0. The second-order valence-electron chi connectivity index (χ2n) is 1.62. The summed E-state index contributed by atoms with van der Waals surface area (Å²) in [6.45, 7) is 1.96. The second-order valence-corrected chi connectivity index (χ2v) is 1.62. The van der Waals surface area contributed by atoms with E-state index in [4.69, 9.17) is 10.8 Å². The molecule has 0 saturated carbocycles. The molecule has 0 atom stereocenters. The van der Waals surface area contributed by atoms with Crippen LogP contribution in [0.15, 0.2) is 10.6 Å². The molecule has 0 aliphatic rings. The highest BCUT2D eigenvalue weighted by Crippen LogP contribution is 2.00. The Morgan fingerprint density at radius 2 is 2.67 bits per heavy atom. The van der Waals surface area contributed by atoms with E-state index in [1.807, 2.05) is 6.92 Å². The lowest BCUT2D eigenvalue weighted by atomic mass is 10.5. The average molecular weight is 121 g/mol. The zero-order valence-corrected chi connectivity index (χ0v) is 5.22. The fourth-order valence-corrected chi connectivity index (χ4v) is 0.540. The average Bonchev–Trinajstić information content (AvgIpc) is 2.34. The molecule has 0 aliphatic heterocycles. The molecule has 0 unspecified atom stereocenters. The molecule has 0 N–H and O–H groups in total. The zero-order chi connectivity index (χ0) is 6.69. The lowest BCUT2D eigenvalue weighted by Crippen LogP contribution is -1.73. The Hall–Kier alpha value is -1.23. The summed E-state index contributed by atoms with van der Waals surface area (Å²) in [6.07, 6.45) is 7.38. The summed E-state index contributed by atoms with van der Waals surface area (Å²) >= 11 is 0. The monoisotopic (exact) mass is 121 g/mol. The quantitative estimate of drug-likeness (QED) is 0.522. The number of nitrogens with zero attached hydrogens (tertiary/aromatic N) is 1. The van der Waals surface area contributed by atoms with Gasteiger partial charge in [0.15, 0.2) is 11.7 Å². The highest BCUT2D eigenvalue weighted by atomic mass is 16.4. The van der Waals surface area contributed by atoms with Crippen molar-refractivity contribution in [3.8, 4) is 12.3 Å². The molecule has 1 aromatic rings. The van der Waals surface area contributed by atoms with Crippen LogP contribution in [0, 0.1) is 12.3 Å². The molecule has 9 heavy (non-hydrogen) atoms. The molecule has 0 radical (unpaired) electrons. The maximum Gasteiger partial charge on any atom is 0.197 e. The van der Waals surface area contributed by atoms with Gasteiger partial charge in [-0.3, -0.25) is 0 Å².